The molecule has 0 saturated heterocycles. The van der Waals surface area contributed by atoms with Gasteiger partial charge in [-0.25, -0.2) is 9.37 Å². The Kier molecular flexibility index (Phi) is 4.29. The van der Waals surface area contributed by atoms with Crippen LogP contribution in [0.1, 0.15) is 5.56 Å². The van der Waals surface area contributed by atoms with Crippen molar-refractivity contribution in [1.29, 1.82) is 0 Å². The van der Waals surface area contributed by atoms with Gasteiger partial charge in [0.05, 0.1) is 11.0 Å². The molecule has 0 aliphatic heterocycles. The van der Waals surface area contributed by atoms with Gasteiger partial charge >= 0.3 is 0 Å². The van der Waals surface area contributed by atoms with Crippen LogP contribution >= 0.6 is 11.3 Å². The molecule has 0 fully saturated rings. The van der Waals surface area contributed by atoms with E-state index in [2.05, 4.69) is 83.4 Å². The van der Waals surface area contributed by atoms with Gasteiger partial charge in [0, 0.05) is 32.3 Å². The Hall–Kier alpha value is -4.02. The summed E-state index contributed by atoms with van der Waals surface area (Å²) in [5, 5.41) is 4.61. The fourth-order valence-corrected chi connectivity index (χ4v) is 6.13. The maximum absolute atomic E-state index is 14.0. The summed E-state index contributed by atoms with van der Waals surface area (Å²) in [5.41, 5.74) is 4.40. The average Bonchev–Trinajstić information content (AvgIpc) is 3.40. The molecule has 0 aliphatic carbocycles. The summed E-state index contributed by atoms with van der Waals surface area (Å²) in [6.45, 7) is 0.723. The molecule has 4 heteroatoms. The number of thiophene rings is 1. The molecule has 2 heterocycles. The summed E-state index contributed by atoms with van der Waals surface area (Å²) >= 11 is 1.63. The zero-order valence-electron chi connectivity index (χ0n) is 18.2. The fourth-order valence-electron chi connectivity index (χ4n) is 4.89. The van der Waals surface area contributed by atoms with E-state index in [1.54, 1.807) is 17.4 Å². The van der Waals surface area contributed by atoms with E-state index < -0.39 is 0 Å². The first-order valence-corrected chi connectivity index (χ1v) is 12.1. The Morgan fingerprint density at radius 1 is 0.735 bits per heavy atom. The molecule has 0 unspecified atom stereocenters. The largest absolute Gasteiger partial charge is 0.319 e. The van der Waals surface area contributed by atoms with Gasteiger partial charge < -0.3 is 4.57 Å². The molecule has 2 nitrogen and oxygen atoms in total. The predicted octanol–water partition coefficient (Wildman–Crippen LogP) is 8.41. The van der Waals surface area contributed by atoms with Crippen LogP contribution in [0.2, 0.25) is 0 Å². The molecule has 5 aromatic carbocycles. The van der Waals surface area contributed by atoms with Crippen molar-refractivity contribution in [3.63, 3.8) is 0 Å². The average molecular weight is 459 g/mol. The van der Waals surface area contributed by atoms with Gasteiger partial charge in [0.15, 0.2) is 0 Å². The van der Waals surface area contributed by atoms with Gasteiger partial charge in [0.25, 0.3) is 0 Å². The highest BCUT2D eigenvalue weighted by atomic mass is 32.1. The summed E-state index contributed by atoms with van der Waals surface area (Å²) in [5.74, 6) is 0.732. The zero-order chi connectivity index (χ0) is 22.6. The van der Waals surface area contributed by atoms with E-state index in [0.717, 1.165) is 49.1 Å². The molecule has 0 bridgehead atoms. The lowest BCUT2D eigenvalue weighted by atomic mass is 10.1. The first-order chi connectivity index (χ1) is 16.7. The number of hydrogen-bond acceptors (Lipinski definition) is 2. The number of halogens is 1. The second-order valence-corrected chi connectivity index (χ2v) is 9.67. The van der Waals surface area contributed by atoms with E-state index in [-0.39, 0.29) is 5.82 Å². The van der Waals surface area contributed by atoms with Gasteiger partial charge in [0.2, 0.25) is 0 Å². The summed E-state index contributed by atoms with van der Waals surface area (Å²) < 4.78 is 18.4. The molecule has 0 radical (unpaired) electrons. The molecule has 0 aliphatic rings. The molecule has 34 heavy (non-hydrogen) atoms. The Morgan fingerprint density at radius 2 is 1.53 bits per heavy atom. The quantitative estimate of drug-likeness (QED) is 0.260. The van der Waals surface area contributed by atoms with Crippen molar-refractivity contribution in [2.45, 2.75) is 6.54 Å². The van der Waals surface area contributed by atoms with Crippen LogP contribution in [0, 0.1) is 5.82 Å². The van der Waals surface area contributed by atoms with E-state index in [0.29, 0.717) is 0 Å². The van der Waals surface area contributed by atoms with Crippen LogP contribution in [0.3, 0.4) is 0 Å². The number of fused-ring (bicyclic) bond motifs is 5. The van der Waals surface area contributed by atoms with Crippen molar-refractivity contribution < 1.29 is 4.39 Å². The Bertz CT molecular complexity index is 1850. The number of hydrogen-bond donors (Lipinski definition) is 0. The maximum atomic E-state index is 14.0. The third-order valence-corrected chi connectivity index (χ3v) is 7.70. The lowest BCUT2D eigenvalue weighted by molar-refractivity contribution is 0.630. The highest BCUT2D eigenvalue weighted by molar-refractivity contribution is 7.26. The Morgan fingerprint density at radius 3 is 2.38 bits per heavy atom. The van der Waals surface area contributed by atoms with Gasteiger partial charge in [-0.3, -0.25) is 0 Å². The molecule has 0 spiro atoms. The molecular weight excluding hydrogens is 439 g/mol. The van der Waals surface area contributed by atoms with Crippen LogP contribution in [-0.4, -0.2) is 9.55 Å². The lowest BCUT2D eigenvalue weighted by Crippen LogP contribution is -2.02. The van der Waals surface area contributed by atoms with Crippen LogP contribution in [0.25, 0.3) is 53.4 Å². The van der Waals surface area contributed by atoms with Gasteiger partial charge in [-0.1, -0.05) is 72.8 Å². The normalized spacial score (nSPS) is 11.8. The summed E-state index contributed by atoms with van der Waals surface area (Å²) in [6, 6.07) is 34.7. The molecule has 0 N–H and O–H groups in total. The highest BCUT2D eigenvalue weighted by Crippen LogP contribution is 2.41. The van der Waals surface area contributed by atoms with Gasteiger partial charge in [-0.2, -0.15) is 0 Å². The monoisotopic (exact) mass is 458 g/mol. The van der Waals surface area contributed by atoms with E-state index in [1.165, 1.54) is 22.4 Å². The molecule has 7 aromatic rings. The predicted molar refractivity (Wildman–Crippen MR) is 141 cm³/mol. The van der Waals surface area contributed by atoms with Crippen LogP contribution in [0.4, 0.5) is 4.39 Å². The molecule has 0 atom stereocenters. The molecular formula is C30H19FN2S. The van der Waals surface area contributed by atoms with Crippen molar-refractivity contribution in [3.8, 4) is 11.4 Å². The summed E-state index contributed by atoms with van der Waals surface area (Å²) in [7, 11) is 0. The maximum Gasteiger partial charge on any atom is 0.142 e. The SMILES string of the molecule is Fc1ccc2c(c1)sc1c(-c3nc4cc5ccccc5cc4n3Cc3ccccc3)cccc12. The molecule has 0 saturated carbocycles. The standard InChI is InChI=1S/C30H19FN2S/c31-22-13-14-23-24-11-6-12-25(29(24)34-28(23)17-22)30-32-26-15-20-9-4-5-10-21(20)16-27(26)33(30)18-19-7-2-1-3-8-19/h1-17H,18H2. The van der Waals surface area contributed by atoms with Gasteiger partial charge in [0.1, 0.15) is 11.6 Å². The second-order valence-electron chi connectivity index (χ2n) is 8.62. The molecule has 7 rings (SSSR count). The van der Waals surface area contributed by atoms with Crippen molar-refractivity contribution in [2.24, 2.45) is 0 Å². The number of aromatic nitrogens is 2. The zero-order valence-corrected chi connectivity index (χ0v) is 19.0. The number of benzene rings is 5. The third kappa shape index (κ3) is 3.03. The van der Waals surface area contributed by atoms with E-state index in [4.69, 9.17) is 4.98 Å². The van der Waals surface area contributed by atoms with Crippen LogP contribution < -0.4 is 0 Å². The van der Waals surface area contributed by atoms with Crippen molar-refractivity contribution in [1.82, 2.24) is 9.55 Å². The summed E-state index contributed by atoms with van der Waals surface area (Å²) in [4.78, 5) is 5.16. The highest BCUT2D eigenvalue weighted by Gasteiger charge is 2.18. The number of nitrogens with zero attached hydrogens (tertiary/aromatic N) is 2. The van der Waals surface area contributed by atoms with Crippen LogP contribution in [-0.2, 0) is 6.54 Å². The van der Waals surface area contributed by atoms with Crippen molar-refractivity contribution >= 4 is 53.3 Å². The van der Waals surface area contributed by atoms with Crippen LogP contribution in [0.5, 0.6) is 0 Å². The minimum Gasteiger partial charge on any atom is -0.319 e. The first kappa shape index (κ1) is 19.4. The Balaban J connectivity index is 1.55. The third-order valence-electron chi connectivity index (χ3n) is 6.50. The minimum absolute atomic E-state index is 0.205. The van der Waals surface area contributed by atoms with Crippen molar-refractivity contribution in [2.75, 3.05) is 0 Å². The second kappa shape index (κ2) is 7.51. The minimum atomic E-state index is -0.205. The molecule has 162 valence electrons. The van der Waals surface area contributed by atoms with E-state index in [1.807, 2.05) is 12.1 Å². The smallest absolute Gasteiger partial charge is 0.142 e. The Labute approximate surface area is 199 Å². The number of imidazole rings is 1. The van der Waals surface area contributed by atoms with Crippen LogP contribution in [0.15, 0.2) is 103 Å². The molecule has 0 amide bonds. The molecule has 2 aromatic heterocycles. The fraction of sp³-hybridized carbons (Fsp3) is 0.0333. The first-order valence-electron chi connectivity index (χ1n) is 11.3. The lowest BCUT2D eigenvalue weighted by Gasteiger charge is -2.11. The topological polar surface area (TPSA) is 17.8 Å². The van der Waals surface area contributed by atoms with Gasteiger partial charge in [-0.05, 0) is 46.7 Å². The van der Waals surface area contributed by atoms with Gasteiger partial charge in [-0.15, -0.1) is 11.3 Å². The van der Waals surface area contributed by atoms with E-state index in [9.17, 15) is 4.39 Å². The van der Waals surface area contributed by atoms with E-state index >= 15 is 0 Å². The van der Waals surface area contributed by atoms with Crippen molar-refractivity contribution in [3.05, 3.63) is 115 Å². The number of rotatable bonds is 3. The summed E-state index contributed by atoms with van der Waals surface area (Å²) in [6.07, 6.45) is 0.